The van der Waals surface area contributed by atoms with Crippen molar-refractivity contribution in [1.29, 1.82) is 0 Å². The van der Waals surface area contributed by atoms with Crippen LogP contribution in [0.2, 0.25) is 0 Å². The van der Waals surface area contributed by atoms with Gasteiger partial charge in [-0.15, -0.1) is 11.3 Å². The molecule has 1 atom stereocenters. The van der Waals surface area contributed by atoms with Gasteiger partial charge in [0.25, 0.3) is 0 Å². The minimum atomic E-state index is -0.302. The highest BCUT2D eigenvalue weighted by Gasteiger charge is 2.27. The number of amides is 2. The summed E-state index contributed by atoms with van der Waals surface area (Å²) >= 11 is 1.64. The molecular formula is C23H36N4O3S. The molecule has 1 saturated heterocycles. The van der Waals surface area contributed by atoms with E-state index >= 15 is 0 Å². The van der Waals surface area contributed by atoms with Gasteiger partial charge in [0, 0.05) is 26.1 Å². The van der Waals surface area contributed by atoms with Crippen LogP contribution in [0.15, 0.2) is 29.8 Å². The van der Waals surface area contributed by atoms with Crippen molar-refractivity contribution in [2.24, 2.45) is 11.1 Å². The lowest BCUT2D eigenvalue weighted by atomic mass is 9.92. The average molecular weight is 449 g/mol. The molecule has 1 unspecified atom stereocenters. The molecule has 31 heavy (non-hydrogen) atoms. The molecule has 0 saturated carbocycles. The first-order chi connectivity index (χ1) is 14.7. The van der Waals surface area contributed by atoms with Gasteiger partial charge >= 0.3 is 0 Å². The van der Waals surface area contributed by atoms with Crippen molar-refractivity contribution in [1.82, 2.24) is 15.2 Å². The van der Waals surface area contributed by atoms with Crippen LogP contribution in [-0.4, -0.2) is 53.5 Å². The summed E-state index contributed by atoms with van der Waals surface area (Å²) in [5.74, 6) is 0.170. The van der Waals surface area contributed by atoms with Crippen LogP contribution in [0.4, 0.5) is 0 Å². The van der Waals surface area contributed by atoms with Gasteiger partial charge in [-0.25, -0.2) is 4.98 Å². The highest BCUT2D eigenvalue weighted by Crippen LogP contribution is 2.27. The van der Waals surface area contributed by atoms with Gasteiger partial charge in [-0.2, -0.15) is 0 Å². The quantitative estimate of drug-likeness (QED) is 0.610. The predicted octanol–water partition coefficient (Wildman–Crippen LogP) is 2.96. The number of thiazole rings is 1. The van der Waals surface area contributed by atoms with E-state index in [1.165, 1.54) is 17.5 Å². The summed E-state index contributed by atoms with van der Waals surface area (Å²) in [6, 6.07) is 8.15. The maximum absolute atomic E-state index is 11.6. The van der Waals surface area contributed by atoms with Crippen molar-refractivity contribution in [3.8, 4) is 10.4 Å². The van der Waals surface area contributed by atoms with E-state index in [9.17, 15) is 14.7 Å². The van der Waals surface area contributed by atoms with Crippen molar-refractivity contribution in [3.05, 3.63) is 41.0 Å². The second-order valence-corrected chi connectivity index (χ2v) is 9.34. The van der Waals surface area contributed by atoms with Crippen molar-refractivity contribution in [2.75, 3.05) is 20.1 Å². The van der Waals surface area contributed by atoms with Gasteiger partial charge in [0.1, 0.15) is 0 Å². The maximum atomic E-state index is 11.6. The zero-order chi connectivity index (χ0) is 23.4. The molecule has 2 heterocycles. The molecule has 0 radical (unpaired) electrons. The van der Waals surface area contributed by atoms with E-state index in [1.807, 2.05) is 24.6 Å². The Morgan fingerprint density at radius 3 is 2.42 bits per heavy atom. The summed E-state index contributed by atoms with van der Waals surface area (Å²) in [5, 5.41) is 11.9. The van der Waals surface area contributed by atoms with Crippen molar-refractivity contribution in [3.63, 3.8) is 0 Å². The van der Waals surface area contributed by atoms with E-state index in [-0.39, 0.29) is 17.4 Å². The Bertz CT molecular complexity index is 800. The van der Waals surface area contributed by atoms with Gasteiger partial charge in [-0.3, -0.25) is 9.59 Å². The summed E-state index contributed by atoms with van der Waals surface area (Å²) in [4.78, 5) is 29.0. The van der Waals surface area contributed by atoms with E-state index in [0.717, 1.165) is 24.2 Å². The first kappa shape index (κ1) is 26.7. The van der Waals surface area contributed by atoms with Crippen molar-refractivity contribution >= 4 is 23.7 Å². The number of aromatic nitrogens is 1. The Balaban J connectivity index is 0.000000293. The summed E-state index contributed by atoms with van der Waals surface area (Å²) in [6.07, 6.45) is 1.71. The van der Waals surface area contributed by atoms with Gasteiger partial charge in [-0.1, -0.05) is 45.0 Å². The Morgan fingerprint density at radius 2 is 1.97 bits per heavy atom. The van der Waals surface area contributed by atoms with Crippen molar-refractivity contribution < 1.29 is 14.7 Å². The number of carbonyl (C=O) groups is 2. The van der Waals surface area contributed by atoms with Gasteiger partial charge in [0.15, 0.2) is 0 Å². The number of aryl methyl sites for hydroxylation is 1. The molecule has 1 aliphatic rings. The number of likely N-dealkylation sites (tertiary alicyclic amines) is 1. The second kappa shape index (κ2) is 13.2. The number of β-amino-alcohol motifs (C(OH)–C–C–N with tert-alkyl or cyclic N) is 1. The highest BCUT2D eigenvalue weighted by atomic mass is 32.1. The summed E-state index contributed by atoms with van der Waals surface area (Å²) in [7, 11) is 1.50. The molecular weight excluding hydrogens is 412 g/mol. The third-order valence-corrected chi connectivity index (χ3v) is 5.53. The zero-order valence-electron chi connectivity index (χ0n) is 19.2. The van der Waals surface area contributed by atoms with Gasteiger partial charge in [-0.05, 0) is 36.9 Å². The Kier molecular flexibility index (Phi) is 11.4. The number of nitrogens with one attached hydrogen (secondary N) is 1. The van der Waals surface area contributed by atoms with E-state index in [4.69, 9.17) is 0 Å². The summed E-state index contributed by atoms with van der Waals surface area (Å²) in [6.45, 7) is 9.98. The molecule has 2 amide bonds. The minimum Gasteiger partial charge on any atom is -0.391 e. The van der Waals surface area contributed by atoms with E-state index in [2.05, 4.69) is 48.9 Å². The third kappa shape index (κ3) is 9.59. The monoisotopic (exact) mass is 448 g/mol. The number of nitrogens with two attached hydrogens (primary N) is 1. The van der Waals surface area contributed by atoms with Crippen LogP contribution in [0, 0.1) is 12.3 Å². The fourth-order valence-corrected chi connectivity index (χ4v) is 3.86. The minimum absolute atomic E-state index is 0.0463. The summed E-state index contributed by atoms with van der Waals surface area (Å²) in [5.41, 5.74) is 9.73. The fraction of sp³-hybridized carbons (Fsp3) is 0.522. The van der Waals surface area contributed by atoms with E-state index in [0.29, 0.717) is 25.9 Å². The lowest BCUT2D eigenvalue weighted by molar-refractivity contribution is -0.132. The van der Waals surface area contributed by atoms with E-state index in [1.54, 1.807) is 16.2 Å². The Hall–Kier alpha value is -2.29. The number of benzene rings is 1. The number of carbonyl (C=O) groups excluding carboxylic acids is 2. The molecule has 0 aliphatic carbocycles. The topological polar surface area (TPSA) is 109 Å². The van der Waals surface area contributed by atoms with Crippen LogP contribution in [0.1, 0.15) is 44.9 Å². The number of rotatable bonds is 5. The lowest BCUT2D eigenvalue weighted by Gasteiger charge is -2.22. The molecule has 2 aromatic rings. The molecule has 1 fully saturated rings. The fourth-order valence-electron chi connectivity index (χ4n) is 3.05. The Morgan fingerprint density at radius 1 is 1.32 bits per heavy atom. The zero-order valence-corrected chi connectivity index (χ0v) is 20.0. The van der Waals surface area contributed by atoms with Crippen LogP contribution in [-0.2, 0) is 16.1 Å². The molecule has 0 spiro atoms. The highest BCUT2D eigenvalue weighted by molar-refractivity contribution is 7.13. The smallest absolute Gasteiger partial charge is 0.223 e. The number of aliphatic hydroxyl groups excluding tert-OH is 1. The number of nitrogens with zero attached hydrogens (tertiary/aromatic N) is 2. The lowest BCUT2D eigenvalue weighted by Crippen LogP contribution is -2.32. The standard InChI is InChI=1S/C12H12N2OS.C10H19NO2.CH5N/c1-9-12(16-8-14-9)11-4-2-10(3-5-11)6-13-7-15;1-10(2,3)6-9(13)11-5-4-8(12)7-11;1-2/h2-5,7-8H,6H2,1H3,(H,13,15);8,12H,4-7H2,1-3H3;2H2,1H3. The molecule has 4 N–H and O–H groups in total. The molecule has 1 aliphatic heterocycles. The molecule has 1 aromatic heterocycles. The second-order valence-electron chi connectivity index (χ2n) is 8.48. The van der Waals surface area contributed by atoms with Gasteiger partial charge in [0.05, 0.1) is 22.2 Å². The van der Waals surface area contributed by atoms with Gasteiger partial charge in [0.2, 0.25) is 12.3 Å². The average Bonchev–Trinajstić information content (AvgIpc) is 3.36. The van der Waals surface area contributed by atoms with Crippen molar-refractivity contribution in [2.45, 2.75) is 53.2 Å². The number of aliphatic hydroxyl groups is 1. The normalized spacial score (nSPS) is 15.3. The van der Waals surface area contributed by atoms with Crippen LogP contribution >= 0.6 is 11.3 Å². The van der Waals surface area contributed by atoms with Crippen LogP contribution < -0.4 is 11.1 Å². The number of hydrogen-bond acceptors (Lipinski definition) is 6. The largest absolute Gasteiger partial charge is 0.391 e. The van der Waals surface area contributed by atoms with Crippen LogP contribution in [0.5, 0.6) is 0 Å². The molecule has 172 valence electrons. The molecule has 3 rings (SSSR count). The number of hydrogen-bond donors (Lipinski definition) is 3. The Labute approximate surface area is 189 Å². The third-order valence-electron chi connectivity index (χ3n) is 4.55. The van der Waals surface area contributed by atoms with Gasteiger partial charge < -0.3 is 21.1 Å². The first-order valence-corrected chi connectivity index (χ1v) is 11.3. The maximum Gasteiger partial charge on any atom is 0.223 e. The molecule has 1 aromatic carbocycles. The summed E-state index contributed by atoms with van der Waals surface area (Å²) < 4.78 is 0. The molecule has 8 heteroatoms. The first-order valence-electron chi connectivity index (χ1n) is 10.4. The SMILES string of the molecule is CC(C)(C)CC(=O)N1CCC(O)C1.CN.Cc1ncsc1-c1ccc(CNC=O)cc1. The molecule has 7 nitrogen and oxygen atoms in total. The van der Waals surface area contributed by atoms with Crippen LogP contribution in [0.3, 0.4) is 0 Å². The van der Waals surface area contributed by atoms with Crippen LogP contribution in [0.25, 0.3) is 10.4 Å². The predicted molar refractivity (Wildman–Crippen MR) is 127 cm³/mol. The molecule has 0 bridgehead atoms. The van der Waals surface area contributed by atoms with E-state index < -0.39 is 0 Å².